The SMILES string of the molecule is Cc1nc(NC(=O)C2CNCC2C)ccc1Br. The van der Waals surface area contributed by atoms with Crippen LogP contribution in [0.2, 0.25) is 0 Å². The summed E-state index contributed by atoms with van der Waals surface area (Å²) in [5.41, 5.74) is 0.875. The Morgan fingerprint density at radius 1 is 1.53 bits per heavy atom. The summed E-state index contributed by atoms with van der Waals surface area (Å²) in [7, 11) is 0. The molecular weight excluding hydrogens is 282 g/mol. The lowest BCUT2D eigenvalue weighted by atomic mass is 9.97. The van der Waals surface area contributed by atoms with E-state index in [1.54, 1.807) is 0 Å². The predicted molar refractivity (Wildman–Crippen MR) is 70.8 cm³/mol. The number of anilines is 1. The number of hydrogen-bond donors (Lipinski definition) is 2. The van der Waals surface area contributed by atoms with Crippen molar-refractivity contribution in [1.29, 1.82) is 0 Å². The number of carbonyl (C=O) groups excluding carboxylic acids is 1. The minimum absolute atomic E-state index is 0.0424. The van der Waals surface area contributed by atoms with E-state index in [4.69, 9.17) is 0 Å². The van der Waals surface area contributed by atoms with E-state index >= 15 is 0 Å². The maximum absolute atomic E-state index is 12.0. The Labute approximate surface area is 109 Å². The highest BCUT2D eigenvalue weighted by atomic mass is 79.9. The number of halogens is 1. The van der Waals surface area contributed by atoms with Crippen LogP contribution in [0.15, 0.2) is 16.6 Å². The molecule has 0 aromatic carbocycles. The summed E-state index contributed by atoms with van der Waals surface area (Å²) in [6.45, 7) is 5.65. The molecule has 2 atom stereocenters. The zero-order valence-corrected chi connectivity index (χ0v) is 11.5. The Morgan fingerprint density at radius 3 is 2.88 bits per heavy atom. The molecule has 1 aliphatic heterocycles. The van der Waals surface area contributed by atoms with Gasteiger partial charge in [-0.1, -0.05) is 6.92 Å². The van der Waals surface area contributed by atoms with Crippen molar-refractivity contribution >= 4 is 27.7 Å². The molecular formula is C12H16BrN3O. The number of aryl methyl sites for hydroxylation is 1. The smallest absolute Gasteiger partial charge is 0.230 e. The van der Waals surface area contributed by atoms with E-state index < -0.39 is 0 Å². The van der Waals surface area contributed by atoms with Gasteiger partial charge in [0.25, 0.3) is 0 Å². The Balaban J connectivity index is 2.05. The summed E-state index contributed by atoms with van der Waals surface area (Å²) in [5, 5.41) is 6.09. The van der Waals surface area contributed by atoms with Gasteiger partial charge in [-0.2, -0.15) is 0 Å². The second-order valence-corrected chi connectivity index (χ2v) is 5.35. The number of amides is 1. The molecule has 0 spiro atoms. The average Bonchev–Trinajstić information content (AvgIpc) is 2.70. The summed E-state index contributed by atoms with van der Waals surface area (Å²) >= 11 is 3.39. The molecule has 2 unspecified atom stereocenters. The molecule has 0 aliphatic carbocycles. The van der Waals surface area contributed by atoms with E-state index in [0.29, 0.717) is 11.7 Å². The lowest BCUT2D eigenvalue weighted by Crippen LogP contribution is -2.28. The van der Waals surface area contributed by atoms with E-state index in [0.717, 1.165) is 23.3 Å². The number of hydrogen-bond acceptors (Lipinski definition) is 3. The van der Waals surface area contributed by atoms with Crippen LogP contribution in [0.1, 0.15) is 12.6 Å². The first-order valence-corrected chi connectivity index (χ1v) is 6.52. The molecule has 0 radical (unpaired) electrons. The Bertz CT molecular complexity index is 436. The van der Waals surface area contributed by atoms with Crippen molar-refractivity contribution in [3.8, 4) is 0 Å². The van der Waals surface area contributed by atoms with Gasteiger partial charge >= 0.3 is 0 Å². The third-order valence-electron chi connectivity index (χ3n) is 3.13. The lowest BCUT2D eigenvalue weighted by molar-refractivity contribution is -0.120. The minimum Gasteiger partial charge on any atom is -0.316 e. The van der Waals surface area contributed by atoms with E-state index in [2.05, 4.69) is 38.5 Å². The molecule has 1 fully saturated rings. The summed E-state index contributed by atoms with van der Waals surface area (Å²) < 4.78 is 0.950. The van der Waals surface area contributed by atoms with Crippen LogP contribution < -0.4 is 10.6 Å². The molecule has 2 N–H and O–H groups in total. The van der Waals surface area contributed by atoms with Gasteiger partial charge in [0.15, 0.2) is 0 Å². The first kappa shape index (κ1) is 12.5. The normalized spacial score (nSPS) is 23.7. The molecule has 5 heteroatoms. The van der Waals surface area contributed by atoms with Crippen molar-refractivity contribution in [2.24, 2.45) is 11.8 Å². The predicted octanol–water partition coefficient (Wildman–Crippen LogP) is 1.95. The average molecular weight is 298 g/mol. The van der Waals surface area contributed by atoms with Crippen molar-refractivity contribution in [3.63, 3.8) is 0 Å². The number of rotatable bonds is 2. The molecule has 1 saturated heterocycles. The minimum atomic E-state index is 0.0424. The molecule has 1 aromatic rings. The zero-order chi connectivity index (χ0) is 12.4. The van der Waals surface area contributed by atoms with Gasteiger partial charge in [0.05, 0.1) is 11.6 Å². The van der Waals surface area contributed by atoms with Gasteiger partial charge in [-0.05, 0) is 47.4 Å². The van der Waals surface area contributed by atoms with Gasteiger partial charge in [-0.15, -0.1) is 0 Å². The topological polar surface area (TPSA) is 54.0 Å². The van der Waals surface area contributed by atoms with Gasteiger partial charge in [0.2, 0.25) is 5.91 Å². The first-order valence-electron chi connectivity index (χ1n) is 5.72. The molecule has 1 aliphatic rings. The molecule has 0 saturated carbocycles. The third-order valence-corrected chi connectivity index (χ3v) is 3.96. The molecule has 0 bridgehead atoms. The van der Waals surface area contributed by atoms with Crippen LogP contribution >= 0.6 is 15.9 Å². The molecule has 2 heterocycles. The summed E-state index contributed by atoms with van der Waals surface area (Å²) in [6.07, 6.45) is 0. The number of nitrogens with one attached hydrogen (secondary N) is 2. The Kier molecular flexibility index (Phi) is 3.79. The Hall–Kier alpha value is -0.940. The summed E-state index contributed by atoms with van der Waals surface area (Å²) in [5.74, 6) is 1.10. The van der Waals surface area contributed by atoms with E-state index in [1.807, 2.05) is 19.1 Å². The van der Waals surface area contributed by atoms with Crippen LogP contribution in [0, 0.1) is 18.8 Å². The molecule has 17 heavy (non-hydrogen) atoms. The van der Waals surface area contributed by atoms with Crippen molar-refractivity contribution < 1.29 is 4.79 Å². The summed E-state index contributed by atoms with van der Waals surface area (Å²) in [6, 6.07) is 3.70. The number of carbonyl (C=O) groups is 1. The van der Waals surface area contributed by atoms with Crippen LogP contribution in [-0.2, 0) is 4.79 Å². The fraction of sp³-hybridized carbons (Fsp3) is 0.500. The highest BCUT2D eigenvalue weighted by Crippen LogP contribution is 2.20. The zero-order valence-electron chi connectivity index (χ0n) is 9.96. The van der Waals surface area contributed by atoms with Crippen molar-refractivity contribution in [3.05, 3.63) is 22.3 Å². The van der Waals surface area contributed by atoms with E-state index in [-0.39, 0.29) is 11.8 Å². The van der Waals surface area contributed by atoms with Crippen molar-refractivity contribution in [2.75, 3.05) is 18.4 Å². The van der Waals surface area contributed by atoms with Crippen molar-refractivity contribution in [2.45, 2.75) is 13.8 Å². The van der Waals surface area contributed by atoms with Crippen LogP contribution in [0.3, 0.4) is 0 Å². The highest BCUT2D eigenvalue weighted by Gasteiger charge is 2.29. The van der Waals surface area contributed by atoms with E-state index in [9.17, 15) is 4.79 Å². The molecule has 1 aromatic heterocycles. The highest BCUT2D eigenvalue weighted by molar-refractivity contribution is 9.10. The van der Waals surface area contributed by atoms with Gasteiger partial charge in [0, 0.05) is 11.0 Å². The van der Waals surface area contributed by atoms with Crippen LogP contribution in [0.5, 0.6) is 0 Å². The first-order chi connectivity index (χ1) is 8.08. The maximum Gasteiger partial charge on any atom is 0.230 e. The Morgan fingerprint density at radius 2 is 2.29 bits per heavy atom. The van der Waals surface area contributed by atoms with Crippen molar-refractivity contribution in [1.82, 2.24) is 10.3 Å². The molecule has 92 valence electrons. The second-order valence-electron chi connectivity index (χ2n) is 4.50. The largest absolute Gasteiger partial charge is 0.316 e. The number of nitrogens with zero attached hydrogens (tertiary/aromatic N) is 1. The third kappa shape index (κ3) is 2.84. The number of aromatic nitrogens is 1. The van der Waals surface area contributed by atoms with Crippen LogP contribution in [-0.4, -0.2) is 24.0 Å². The molecule has 2 rings (SSSR count). The van der Waals surface area contributed by atoms with Gasteiger partial charge < -0.3 is 10.6 Å². The van der Waals surface area contributed by atoms with Crippen LogP contribution in [0.25, 0.3) is 0 Å². The van der Waals surface area contributed by atoms with Crippen LogP contribution in [0.4, 0.5) is 5.82 Å². The lowest BCUT2D eigenvalue weighted by Gasteiger charge is -2.14. The fourth-order valence-electron chi connectivity index (χ4n) is 1.99. The monoisotopic (exact) mass is 297 g/mol. The molecule has 4 nitrogen and oxygen atoms in total. The quantitative estimate of drug-likeness (QED) is 0.877. The second kappa shape index (κ2) is 5.14. The summed E-state index contributed by atoms with van der Waals surface area (Å²) in [4.78, 5) is 16.3. The van der Waals surface area contributed by atoms with Gasteiger partial charge in [0.1, 0.15) is 5.82 Å². The van der Waals surface area contributed by atoms with Gasteiger partial charge in [-0.3, -0.25) is 4.79 Å². The molecule has 1 amide bonds. The number of pyridine rings is 1. The maximum atomic E-state index is 12.0. The standard InChI is InChI=1S/C12H16BrN3O/c1-7-5-14-6-9(7)12(17)16-11-4-3-10(13)8(2)15-11/h3-4,7,9,14H,5-6H2,1-2H3,(H,15,16,17). The fourth-order valence-corrected chi connectivity index (χ4v) is 2.21. The van der Waals surface area contributed by atoms with E-state index in [1.165, 1.54) is 0 Å². The van der Waals surface area contributed by atoms with Gasteiger partial charge in [-0.25, -0.2) is 4.98 Å².